The molecular weight excluding hydrogens is 384 g/mol. The van der Waals surface area contributed by atoms with E-state index < -0.39 is 22.4 Å². The molecule has 2 aromatic carbocycles. The Kier molecular flexibility index (Phi) is 7.93. The predicted molar refractivity (Wildman–Crippen MR) is 114 cm³/mol. The molecule has 0 spiro atoms. The summed E-state index contributed by atoms with van der Waals surface area (Å²) in [7, 11) is 3.08. The van der Waals surface area contributed by atoms with Crippen LogP contribution in [0.4, 0.5) is 11.4 Å². The van der Waals surface area contributed by atoms with Crippen LogP contribution in [-0.4, -0.2) is 28.4 Å². The van der Waals surface area contributed by atoms with Gasteiger partial charge in [-0.05, 0) is 47.5 Å². The molecule has 0 amide bonds. The van der Waals surface area contributed by atoms with Crippen molar-refractivity contribution in [2.75, 3.05) is 30.8 Å². The molecule has 8 heteroatoms. The summed E-state index contributed by atoms with van der Waals surface area (Å²) in [6.07, 6.45) is 3.36. The van der Waals surface area contributed by atoms with Gasteiger partial charge in [-0.25, -0.2) is 0 Å². The van der Waals surface area contributed by atoms with E-state index in [-0.39, 0.29) is 5.08 Å². The maximum absolute atomic E-state index is 12.1. The molecule has 0 fully saturated rings. The van der Waals surface area contributed by atoms with Crippen molar-refractivity contribution < 1.29 is 18.6 Å². The summed E-state index contributed by atoms with van der Waals surface area (Å²) in [4.78, 5) is 0. The molecule has 144 valence electrons. The number of rotatable bonds is 8. The second-order valence-corrected chi connectivity index (χ2v) is 8.50. The third-order valence-electron chi connectivity index (χ3n) is 3.56. The summed E-state index contributed by atoms with van der Waals surface area (Å²) < 4.78 is 34.4. The maximum atomic E-state index is 12.1. The van der Waals surface area contributed by atoms with Crippen LogP contribution >= 0.6 is 0 Å². The third-order valence-corrected chi connectivity index (χ3v) is 6.30. The minimum absolute atomic E-state index is 0.00424. The Morgan fingerprint density at radius 1 is 0.815 bits per heavy atom. The van der Waals surface area contributed by atoms with Crippen LogP contribution in [0.2, 0.25) is 0 Å². The standard InChI is InChI=1S/C19H22N2O4S2/c1-24-18-5-3-14(11-16(18)20)7-9-26(22)13-27(23)10-8-15-4-6-19(25-2)17(21)12-15/h3-12H,13,20-21H2,1-2H3/b9-7-,10-8+. The Hall–Kier alpha value is -2.26. The van der Waals surface area contributed by atoms with Crippen LogP contribution < -0.4 is 20.9 Å². The molecule has 0 aliphatic heterocycles. The summed E-state index contributed by atoms with van der Waals surface area (Å²) in [6, 6.07) is 10.5. The highest BCUT2D eigenvalue weighted by Gasteiger charge is 2.12. The van der Waals surface area contributed by atoms with Crippen molar-refractivity contribution in [3.8, 4) is 11.5 Å². The quantitative estimate of drug-likeness (QED) is 0.514. The first-order valence-electron chi connectivity index (χ1n) is 7.90. The van der Waals surface area contributed by atoms with Gasteiger partial charge in [-0.3, -0.25) is 0 Å². The molecule has 4 N–H and O–H groups in total. The van der Waals surface area contributed by atoms with Gasteiger partial charge in [0.1, 0.15) is 22.3 Å². The average Bonchev–Trinajstić information content (AvgIpc) is 2.65. The van der Waals surface area contributed by atoms with E-state index in [2.05, 4.69) is 0 Å². The first-order valence-corrected chi connectivity index (χ1v) is 10.7. The minimum atomic E-state index is -1.38. The molecule has 0 aliphatic carbocycles. The molecule has 0 saturated heterocycles. The van der Waals surface area contributed by atoms with E-state index in [4.69, 9.17) is 20.9 Å². The highest BCUT2D eigenvalue weighted by Crippen LogP contribution is 2.24. The highest BCUT2D eigenvalue weighted by atomic mass is 32.3. The molecule has 2 atom stereocenters. The molecule has 0 bridgehead atoms. The molecule has 6 nitrogen and oxygen atoms in total. The van der Waals surface area contributed by atoms with Gasteiger partial charge in [0.05, 0.1) is 25.6 Å². The molecule has 0 heterocycles. The first-order chi connectivity index (χ1) is 12.9. The molecule has 27 heavy (non-hydrogen) atoms. The molecule has 2 unspecified atom stereocenters. The zero-order valence-electron chi connectivity index (χ0n) is 15.1. The lowest BCUT2D eigenvalue weighted by Crippen LogP contribution is -2.11. The van der Waals surface area contributed by atoms with Crippen LogP contribution in [0, 0.1) is 0 Å². The Morgan fingerprint density at radius 3 is 1.56 bits per heavy atom. The largest absolute Gasteiger partial charge is 0.608 e. The normalized spacial score (nSPS) is 13.8. The number of nitrogen functional groups attached to an aromatic ring is 2. The number of hydrogen-bond acceptors (Lipinski definition) is 6. The Labute approximate surface area is 165 Å². The lowest BCUT2D eigenvalue weighted by Gasteiger charge is -2.08. The molecule has 0 saturated carbocycles. The Bertz CT molecular complexity index is 760. The lowest BCUT2D eigenvalue weighted by molar-refractivity contribution is 0.417. The fraction of sp³-hybridized carbons (Fsp3) is 0.158. The molecular formula is C19H22N2O4S2. The zero-order valence-corrected chi connectivity index (χ0v) is 16.7. The van der Waals surface area contributed by atoms with Gasteiger partial charge >= 0.3 is 0 Å². The van der Waals surface area contributed by atoms with Gasteiger partial charge in [-0.1, -0.05) is 12.1 Å². The van der Waals surface area contributed by atoms with E-state index >= 15 is 0 Å². The van der Waals surface area contributed by atoms with Crippen LogP contribution in [0.3, 0.4) is 0 Å². The summed E-state index contributed by atoms with van der Waals surface area (Å²) in [6.45, 7) is 0. The van der Waals surface area contributed by atoms with E-state index in [1.807, 2.05) is 0 Å². The molecule has 0 aromatic heterocycles. The number of nitrogens with two attached hydrogens (primary N) is 2. The van der Waals surface area contributed by atoms with Gasteiger partial charge in [0.25, 0.3) is 5.08 Å². The fourth-order valence-corrected chi connectivity index (χ4v) is 4.38. The van der Waals surface area contributed by atoms with E-state index in [0.717, 1.165) is 11.1 Å². The van der Waals surface area contributed by atoms with E-state index in [9.17, 15) is 9.11 Å². The van der Waals surface area contributed by atoms with Gasteiger partial charge in [0, 0.05) is 22.4 Å². The lowest BCUT2D eigenvalue weighted by atomic mass is 10.2. The maximum Gasteiger partial charge on any atom is 0.262 e. The van der Waals surface area contributed by atoms with Crippen LogP contribution in [0.25, 0.3) is 12.2 Å². The average molecular weight is 407 g/mol. The molecule has 0 aliphatic rings. The second kappa shape index (κ2) is 10.2. The molecule has 2 aromatic rings. The third kappa shape index (κ3) is 6.44. The summed E-state index contributed by atoms with van der Waals surface area (Å²) >= 11 is -2.76. The van der Waals surface area contributed by atoms with Gasteiger partial charge in [0.15, 0.2) is 0 Å². The summed E-state index contributed by atoms with van der Waals surface area (Å²) in [5, 5.41) is 3.00. The second-order valence-electron chi connectivity index (χ2n) is 5.49. The van der Waals surface area contributed by atoms with Crippen LogP contribution in [0.15, 0.2) is 47.2 Å². The van der Waals surface area contributed by atoms with Crippen molar-refractivity contribution in [1.29, 1.82) is 0 Å². The van der Waals surface area contributed by atoms with Crippen molar-refractivity contribution in [3.63, 3.8) is 0 Å². The SMILES string of the molecule is COc1ccc(/C=C\[S+]([O-])C[S+]([O-])/C=C/c2ccc(OC)c(N)c2)cc1N. The number of methoxy groups -OCH3 is 2. The first kappa shape index (κ1) is 21.0. The van der Waals surface area contributed by atoms with E-state index in [1.165, 1.54) is 10.8 Å². The Balaban J connectivity index is 1.91. The van der Waals surface area contributed by atoms with Gasteiger partial charge in [-0.2, -0.15) is 0 Å². The van der Waals surface area contributed by atoms with Crippen molar-refractivity contribution in [1.82, 2.24) is 0 Å². The Morgan fingerprint density at radius 2 is 1.22 bits per heavy atom. The van der Waals surface area contributed by atoms with E-state index in [1.54, 1.807) is 62.8 Å². The molecule has 0 radical (unpaired) electrons. The van der Waals surface area contributed by atoms with Gasteiger partial charge in [-0.15, -0.1) is 0 Å². The monoisotopic (exact) mass is 406 g/mol. The summed E-state index contributed by atoms with van der Waals surface area (Å²) in [5.41, 5.74) is 14.2. The van der Waals surface area contributed by atoms with Crippen molar-refractivity contribution in [2.24, 2.45) is 0 Å². The molecule has 2 rings (SSSR count). The van der Waals surface area contributed by atoms with Crippen molar-refractivity contribution in [2.45, 2.75) is 0 Å². The van der Waals surface area contributed by atoms with Crippen molar-refractivity contribution >= 4 is 45.9 Å². The smallest absolute Gasteiger partial charge is 0.262 e. The highest BCUT2D eigenvalue weighted by molar-refractivity contribution is 8.10. The summed E-state index contributed by atoms with van der Waals surface area (Å²) in [5.74, 6) is 1.16. The van der Waals surface area contributed by atoms with Crippen LogP contribution in [-0.2, 0) is 22.4 Å². The predicted octanol–water partition coefficient (Wildman–Crippen LogP) is 2.96. The number of hydrogen-bond donors (Lipinski definition) is 2. The van der Waals surface area contributed by atoms with Crippen LogP contribution in [0.5, 0.6) is 11.5 Å². The number of anilines is 2. The van der Waals surface area contributed by atoms with Crippen molar-refractivity contribution in [3.05, 3.63) is 58.3 Å². The number of ether oxygens (including phenoxy) is 2. The van der Waals surface area contributed by atoms with Gasteiger partial charge in [0.2, 0.25) is 0 Å². The zero-order chi connectivity index (χ0) is 19.8. The minimum Gasteiger partial charge on any atom is -0.608 e. The topological polar surface area (TPSA) is 117 Å². The van der Waals surface area contributed by atoms with Crippen LogP contribution in [0.1, 0.15) is 11.1 Å². The van der Waals surface area contributed by atoms with Gasteiger partial charge < -0.3 is 30.0 Å². The van der Waals surface area contributed by atoms with E-state index in [0.29, 0.717) is 22.9 Å². The fourth-order valence-electron chi connectivity index (χ4n) is 2.21. The number of benzene rings is 2.